The minimum Gasteiger partial charge on any atom is -0.491 e. The summed E-state index contributed by atoms with van der Waals surface area (Å²) in [6.45, 7) is 2.35. The van der Waals surface area contributed by atoms with Crippen LogP contribution in [-0.4, -0.2) is 38.7 Å². The smallest absolute Gasteiger partial charge is 0.133 e. The first kappa shape index (κ1) is 14.5. The highest BCUT2D eigenvalue weighted by Crippen LogP contribution is 2.26. The molecule has 3 nitrogen and oxygen atoms in total. The summed E-state index contributed by atoms with van der Waals surface area (Å²) in [5, 5.41) is 0. The van der Waals surface area contributed by atoms with E-state index in [2.05, 4.69) is 33.0 Å². The molecular formula is C13H21BrN2O. The van der Waals surface area contributed by atoms with E-state index < -0.39 is 0 Å². The second-order valence-corrected chi connectivity index (χ2v) is 5.16. The standard InChI is InChI=1S/C13H21BrN2O/c1-16(2)8-9-17-13-6-5-11(4-3-7-15)10-12(13)14/h5-6,10H,3-4,7-9,15H2,1-2H3. The van der Waals surface area contributed by atoms with E-state index in [1.54, 1.807) is 0 Å². The predicted molar refractivity (Wildman–Crippen MR) is 75.6 cm³/mol. The molecule has 17 heavy (non-hydrogen) atoms. The first-order valence-corrected chi connectivity index (χ1v) is 6.69. The summed E-state index contributed by atoms with van der Waals surface area (Å²) < 4.78 is 6.71. The van der Waals surface area contributed by atoms with E-state index in [0.717, 1.165) is 36.2 Å². The first-order chi connectivity index (χ1) is 8.13. The Bertz CT molecular complexity index is 342. The Labute approximate surface area is 112 Å². The second-order valence-electron chi connectivity index (χ2n) is 4.31. The Balaban J connectivity index is 2.50. The zero-order valence-corrected chi connectivity index (χ0v) is 12.2. The molecule has 0 amide bonds. The van der Waals surface area contributed by atoms with Gasteiger partial charge >= 0.3 is 0 Å². The normalized spacial score (nSPS) is 10.9. The van der Waals surface area contributed by atoms with Crippen molar-refractivity contribution >= 4 is 15.9 Å². The molecule has 2 N–H and O–H groups in total. The molecule has 0 bridgehead atoms. The number of hydrogen-bond donors (Lipinski definition) is 1. The largest absolute Gasteiger partial charge is 0.491 e. The fraction of sp³-hybridized carbons (Fsp3) is 0.538. The molecule has 0 saturated heterocycles. The van der Waals surface area contributed by atoms with E-state index >= 15 is 0 Å². The van der Waals surface area contributed by atoms with Crippen LogP contribution in [0.4, 0.5) is 0 Å². The monoisotopic (exact) mass is 300 g/mol. The Morgan fingerprint density at radius 3 is 2.71 bits per heavy atom. The fourth-order valence-electron chi connectivity index (χ4n) is 1.46. The van der Waals surface area contributed by atoms with E-state index in [0.29, 0.717) is 6.61 Å². The Morgan fingerprint density at radius 1 is 1.35 bits per heavy atom. The Kier molecular flexibility index (Phi) is 6.55. The van der Waals surface area contributed by atoms with E-state index in [9.17, 15) is 0 Å². The summed E-state index contributed by atoms with van der Waals surface area (Å²) in [6, 6.07) is 6.23. The number of halogens is 1. The van der Waals surface area contributed by atoms with Crippen LogP contribution in [0, 0.1) is 0 Å². The topological polar surface area (TPSA) is 38.5 Å². The number of benzene rings is 1. The van der Waals surface area contributed by atoms with E-state index in [-0.39, 0.29) is 0 Å². The van der Waals surface area contributed by atoms with Crippen LogP contribution in [0.5, 0.6) is 5.75 Å². The maximum atomic E-state index is 5.69. The van der Waals surface area contributed by atoms with Crippen molar-refractivity contribution in [2.24, 2.45) is 5.73 Å². The molecule has 0 fully saturated rings. The van der Waals surface area contributed by atoms with Gasteiger partial charge in [0.25, 0.3) is 0 Å². The van der Waals surface area contributed by atoms with Crippen molar-refractivity contribution in [3.8, 4) is 5.75 Å². The van der Waals surface area contributed by atoms with Crippen LogP contribution < -0.4 is 10.5 Å². The lowest BCUT2D eigenvalue weighted by molar-refractivity contribution is 0.260. The molecule has 0 aliphatic rings. The Hall–Kier alpha value is -0.580. The average molecular weight is 301 g/mol. The summed E-state index contributed by atoms with van der Waals surface area (Å²) >= 11 is 3.54. The number of nitrogens with two attached hydrogens (primary N) is 1. The maximum Gasteiger partial charge on any atom is 0.133 e. The van der Waals surface area contributed by atoms with Crippen molar-refractivity contribution in [2.75, 3.05) is 33.8 Å². The van der Waals surface area contributed by atoms with Crippen LogP contribution in [0.1, 0.15) is 12.0 Å². The number of likely N-dealkylation sites (N-methyl/N-ethyl adjacent to an activating group) is 1. The maximum absolute atomic E-state index is 5.69. The number of hydrogen-bond acceptors (Lipinski definition) is 3. The summed E-state index contributed by atoms with van der Waals surface area (Å²) in [7, 11) is 4.07. The molecule has 0 radical (unpaired) electrons. The highest BCUT2D eigenvalue weighted by molar-refractivity contribution is 9.10. The lowest BCUT2D eigenvalue weighted by atomic mass is 10.1. The van der Waals surface area contributed by atoms with Crippen LogP contribution >= 0.6 is 15.9 Å². The number of ether oxygens (including phenoxy) is 1. The zero-order valence-electron chi connectivity index (χ0n) is 10.6. The third-order valence-electron chi connectivity index (χ3n) is 2.46. The van der Waals surface area contributed by atoms with Crippen molar-refractivity contribution in [2.45, 2.75) is 12.8 Å². The molecule has 0 atom stereocenters. The molecule has 4 heteroatoms. The summed E-state index contributed by atoms with van der Waals surface area (Å²) in [6.07, 6.45) is 2.04. The zero-order chi connectivity index (χ0) is 12.7. The van der Waals surface area contributed by atoms with Crippen molar-refractivity contribution in [1.29, 1.82) is 0 Å². The van der Waals surface area contributed by atoms with Gasteiger partial charge in [-0.2, -0.15) is 0 Å². The quantitative estimate of drug-likeness (QED) is 0.840. The SMILES string of the molecule is CN(C)CCOc1ccc(CCCN)cc1Br. The highest BCUT2D eigenvalue weighted by atomic mass is 79.9. The molecule has 0 aliphatic carbocycles. The molecular weight excluding hydrogens is 280 g/mol. The van der Waals surface area contributed by atoms with E-state index in [1.165, 1.54) is 5.56 Å². The summed E-state index contributed by atoms with van der Waals surface area (Å²) in [5.74, 6) is 0.906. The summed E-state index contributed by atoms with van der Waals surface area (Å²) in [4.78, 5) is 2.10. The highest BCUT2D eigenvalue weighted by Gasteiger charge is 2.03. The molecule has 0 unspecified atom stereocenters. The predicted octanol–water partition coefficient (Wildman–Crippen LogP) is 2.28. The lowest BCUT2D eigenvalue weighted by Gasteiger charge is -2.12. The molecule has 0 saturated carbocycles. The third-order valence-corrected chi connectivity index (χ3v) is 3.08. The molecule has 0 aromatic heterocycles. The van der Waals surface area contributed by atoms with Gasteiger partial charge in [0, 0.05) is 6.54 Å². The molecule has 0 spiro atoms. The van der Waals surface area contributed by atoms with Gasteiger partial charge in [0.1, 0.15) is 12.4 Å². The van der Waals surface area contributed by atoms with Crippen LogP contribution in [-0.2, 0) is 6.42 Å². The van der Waals surface area contributed by atoms with Crippen molar-refractivity contribution in [3.63, 3.8) is 0 Å². The van der Waals surface area contributed by atoms with Gasteiger partial charge in [-0.1, -0.05) is 6.07 Å². The third kappa shape index (κ3) is 5.52. The van der Waals surface area contributed by atoms with Crippen molar-refractivity contribution in [3.05, 3.63) is 28.2 Å². The van der Waals surface area contributed by atoms with Crippen LogP contribution in [0.15, 0.2) is 22.7 Å². The molecule has 96 valence electrons. The molecule has 1 aromatic carbocycles. The van der Waals surface area contributed by atoms with Gasteiger partial charge in [-0.25, -0.2) is 0 Å². The fourth-order valence-corrected chi connectivity index (χ4v) is 2.00. The van der Waals surface area contributed by atoms with Gasteiger partial charge < -0.3 is 15.4 Å². The van der Waals surface area contributed by atoms with E-state index in [4.69, 9.17) is 10.5 Å². The summed E-state index contributed by atoms with van der Waals surface area (Å²) in [5.41, 5.74) is 6.79. The number of rotatable bonds is 7. The number of aryl methyl sites for hydroxylation is 1. The van der Waals surface area contributed by atoms with Crippen LogP contribution in [0.2, 0.25) is 0 Å². The number of nitrogens with zero attached hydrogens (tertiary/aromatic N) is 1. The minimum atomic E-state index is 0.702. The van der Waals surface area contributed by atoms with E-state index in [1.807, 2.05) is 20.2 Å². The molecule has 0 heterocycles. The lowest BCUT2D eigenvalue weighted by Crippen LogP contribution is -2.19. The molecule has 1 rings (SSSR count). The van der Waals surface area contributed by atoms with Crippen LogP contribution in [0.25, 0.3) is 0 Å². The first-order valence-electron chi connectivity index (χ1n) is 5.89. The van der Waals surface area contributed by atoms with Gasteiger partial charge in [0.05, 0.1) is 4.47 Å². The van der Waals surface area contributed by atoms with Crippen molar-refractivity contribution in [1.82, 2.24) is 4.90 Å². The van der Waals surface area contributed by atoms with Gasteiger partial charge in [0.15, 0.2) is 0 Å². The van der Waals surface area contributed by atoms with Gasteiger partial charge in [-0.3, -0.25) is 0 Å². The minimum absolute atomic E-state index is 0.702. The van der Waals surface area contributed by atoms with Crippen LogP contribution in [0.3, 0.4) is 0 Å². The van der Waals surface area contributed by atoms with Gasteiger partial charge in [0.2, 0.25) is 0 Å². The van der Waals surface area contributed by atoms with Crippen molar-refractivity contribution < 1.29 is 4.74 Å². The van der Waals surface area contributed by atoms with Gasteiger partial charge in [-0.05, 0) is 67.1 Å². The average Bonchev–Trinajstić information content (AvgIpc) is 2.28. The van der Waals surface area contributed by atoms with Gasteiger partial charge in [-0.15, -0.1) is 0 Å². The Morgan fingerprint density at radius 2 is 2.12 bits per heavy atom. The second kappa shape index (κ2) is 7.69. The molecule has 1 aromatic rings. The molecule has 0 aliphatic heterocycles.